The summed E-state index contributed by atoms with van der Waals surface area (Å²) in [6.07, 6.45) is -4.34. The summed E-state index contributed by atoms with van der Waals surface area (Å²) in [4.78, 5) is 0. The molecule has 1 aromatic heterocycles. The zero-order valence-electron chi connectivity index (χ0n) is 12.2. The van der Waals surface area contributed by atoms with E-state index in [1.165, 1.54) is 6.07 Å². The molecule has 2 N–H and O–H groups in total. The molecule has 0 spiro atoms. The summed E-state index contributed by atoms with van der Waals surface area (Å²) in [5, 5.41) is 4.32. The predicted octanol–water partition coefficient (Wildman–Crippen LogP) is 3.59. The normalized spacial score (nSPS) is 13.5. The van der Waals surface area contributed by atoms with Gasteiger partial charge in [0, 0.05) is 6.54 Å². The van der Waals surface area contributed by atoms with Crippen molar-refractivity contribution in [1.82, 2.24) is 9.78 Å². The maximum absolute atomic E-state index is 12.7. The highest BCUT2D eigenvalue weighted by Crippen LogP contribution is 2.32. The SMILES string of the molecule is CCn1nc(C)cc1C(N)c1ccc(C(F)(F)F)cc1C. The lowest BCUT2D eigenvalue weighted by Crippen LogP contribution is -2.18. The number of nitrogens with two attached hydrogens (primary N) is 1. The van der Waals surface area contributed by atoms with Crippen LogP contribution < -0.4 is 5.73 Å². The van der Waals surface area contributed by atoms with Crippen molar-refractivity contribution in [1.29, 1.82) is 0 Å². The Morgan fingerprint density at radius 3 is 2.43 bits per heavy atom. The molecule has 0 aliphatic heterocycles. The average molecular weight is 297 g/mol. The van der Waals surface area contributed by atoms with Crippen molar-refractivity contribution in [3.8, 4) is 0 Å². The van der Waals surface area contributed by atoms with Gasteiger partial charge in [-0.15, -0.1) is 0 Å². The number of aromatic nitrogens is 2. The van der Waals surface area contributed by atoms with E-state index in [-0.39, 0.29) is 0 Å². The van der Waals surface area contributed by atoms with E-state index in [0.717, 1.165) is 23.5 Å². The topological polar surface area (TPSA) is 43.8 Å². The molecule has 1 aromatic carbocycles. The lowest BCUT2D eigenvalue weighted by molar-refractivity contribution is -0.137. The number of hydrogen-bond acceptors (Lipinski definition) is 2. The summed E-state index contributed by atoms with van der Waals surface area (Å²) >= 11 is 0. The van der Waals surface area contributed by atoms with Crippen LogP contribution in [0.1, 0.15) is 41.0 Å². The summed E-state index contributed by atoms with van der Waals surface area (Å²) in [5.41, 5.74) is 8.42. The lowest BCUT2D eigenvalue weighted by atomic mass is 9.97. The molecule has 0 saturated carbocycles. The van der Waals surface area contributed by atoms with Crippen LogP contribution in [-0.4, -0.2) is 9.78 Å². The number of nitrogens with zero attached hydrogens (tertiary/aromatic N) is 2. The smallest absolute Gasteiger partial charge is 0.319 e. The molecule has 114 valence electrons. The number of rotatable bonds is 3. The molecule has 1 atom stereocenters. The number of hydrogen-bond donors (Lipinski definition) is 1. The van der Waals surface area contributed by atoms with Crippen LogP contribution in [0.3, 0.4) is 0 Å². The Morgan fingerprint density at radius 1 is 1.24 bits per heavy atom. The summed E-state index contributed by atoms with van der Waals surface area (Å²) < 4.78 is 39.9. The van der Waals surface area contributed by atoms with Gasteiger partial charge in [0.15, 0.2) is 0 Å². The van der Waals surface area contributed by atoms with Crippen LogP contribution in [0.25, 0.3) is 0 Å². The maximum atomic E-state index is 12.7. The van der Waals surface area contributed by atoms with Crippen molar-refractivity contribution in [2.45, 2.75) is 39.5 Å². The lowest BCUT2D eigenvalue weighted by Gasteiger charge is -2.17. The van der Waals surface area contributed by atoms with Gasteiger partial charge in [0.05, 0.1) is 23.0 Å². The van der Waals surface area contributed by atoms with Crippen LogP contribution in [0, 0.1) is 13.8 Å². The summed E-state index contributed by atoms with van der Waals surface area (Å²) in [7, 11) is 0. The van der Waals surface area contributed by atoms with Gasteiger partial charge in [0.1, 0.15) is 0 Å². The fourth-order valence-electron chi connectivity index (χ4n) is 2.43. The first-order valence-corrected chi connectivity index (χ1v) is 6.71. The molecule has 1 heterocycles. The Bertz CT molecular complexity index is 644. The second-order valence-corrected chi connectivity index (χ2v) is 5.07. The first-order chi connectivity index (χ1) is 9.74. The van der Waals surface area contributed by atoms with Gasteiger partial charge in [0.25, 0.3) is 0 Å². The van der Waals surface area contributed by atoms with E-state index < -0.39 is 17.8 Å². The van der Waals surface area contributed by atoms with Crippen molar-refractivity contribution < 1.29 is 13.2 Å². The highest BCUT2D eigenvalue weighted by atomic mass is 19.4. The third kappa shape index (κ3) is 3.10. The summed E-state index contributed by atoms with van der Waals surface area (Å²) in [5.74, 6) is 0. The standard InChI is InChI=1S/C15H18F3N3/c1-4-21-13(8-10(3)20-21)14(19)12-6-5-11(7-9(12)2)15(16,17)18/h5-8,14H,4,19H2,1-3H3. The molecule has 0 radical (unpaired) electrons. The van der Waals surface area contributed by atoms with Gasteiger partial charge in [0.2, 0.25) is 0 Å². The van der Waals surface area contributed by atoms with Crippen molar-refractivity contribution in [2.24, 2.45) is 5.73 Å². The van der Waals surface area contributed by atoms with Gasteiger partial charge in [-0.1, -0.05) is 6.07 Å². The summed E-state index contributed by atoms with van der Waals surface area (Å²) in [6, 6.07) is 5.03. The zero-order valence-corrected chi connectivity index (χ0v) is 12.2. The molecule has 0 bridgehead atoms. The van der Waals surface area contributed by atoms with Crippen LogP contribution in [-0.2, 0) is 12.7 Å². The van der Waals surface area contributed by atoms with Crippen LogP contribution in [0.2, 0.25) is 0 Å². The molecule has 0 amide bonds. The van der Waals surface area contributed by atoms with Crippen molar-refractivity contribution in [3.63, 3.8) is 0 Å². The first-order valence-electron chi connectivity index (χ1n) is 6.71. The molecule has 0 saturated heterocycles. The number of benzene rings is 1. The van der Waals surface area contributed by atoms with Gasteiger partial charge in [-0.25, -0.2) is 0 Å². The van der Waals surface area contributed by atoms with Crippen molar-refractivity contribution >= 4 is 0 Å². The molecule has 0 aliphatic carbocycles. The van der Waals surface area contributed by atoms with Gasteiger partial charge >= 0.3 is 6.18 Å². The largest absolute Gasteiger partial charge is 0.416 e. The first kappa shape index (κ1) is 15.6. The van der Waals surface area contributed by atoms with E-state index in [2.05, 4.69) is 5.10 Å². The number of halogens is 3. The van der Waals surface area contributed by atoms with E-state index in [1.807, 2.05) is 19.9 Å². The van der Waals surface area contributed by atoms with Crippen molar-refractivity contribution in [2.75, 3.05) is 0 Å². The molecule has 6 heteroatoms. The minimum atomic E-state index is -4.34. The minimum Gasteiger partial charge on any atom is -0.319 e. The van der Waals surface area contributed by atoms with Crippen molar-refractivity contribution in [3.05, 3.63) is 52.3 Å². The van der Waals surface area contributed by atoms with E-state index in [4.69, 9.17) is 5.73 Å². The Morgan fingerprint density at radius 2 is 1.90 bits per heavy atom. The maximum Gasteiger partial charge on any atom is 0.416 e. The third-order valence-electron chi connectivity index (χ3n) is 3.48. The fraction of sp³-hybridized carbons (Fsp3) is 0.400. The molecular formula is C15H18F3N3. The molecule has 3 nitrogen and oxygen atoms in total. The van der Waals surface area contributed by atoms with Crippen LogP contribution in [0.4, 0.5) is 13.2 Å². The van der Waals surface area contributed by atoms with E-state index in [1.54, 1.807) is 11.6 Å². The number of alkyl halides is 3. The van der Waals surface area contributed by atoms with Crippen LogP contribution in [0.15, 0.2) is 24.3 Å². The fourth-order valence-corrected chi connectivity index (χ4v) is 2.43. The average Bonchev–Trinajstić information content (AvgIpc) is 2.78. The third-order valence-corrected chi connectivity index (χ3v) is 3.48. The quantitative estimate of drug-likeness (QED) is 0.941. The van der Waals surface area contributed by atoms with Crippen LogP contribution >= 0.6 is 0 Å². The zero-order chi connectivity index (χ0) is 15.8. The molecule has 21 heavy (non-hydrogen) atoms. The monoisotopic (exact) mass is 297 g/mol. The number of aryl methyl sites for hydroxylation is 3. The Hall–Kier alpha value is -1.82. The molecular weight excluding hydrogens is 279 g/mol. The predicted molar refractivity (Wildman–Crippen MR) is 74.8 cm³/mol. The van der Waals surface area contributed by atoms with Gasteiger partial charge in [-0.2, -0.15) is 18.3 Å². The van der Waals surface area contributed by atoms with Gasteiger partial charge in [-0.3, -0.25) is 4.68 Å². The Labute approximate surface area is 121 Å². The van der Waals surface area contributed by atoms with E-state index in [0.29, 0.717) is 17.7 Å². The second-order valence-electron chi connectivity index (χ2n) is 5.07. The molecule has 0 fully saturated rings. The summed E-state index contributed by atoms with van der Waals surface area (Å²) in [6.45, 7) is 6.12. The van der Waals surface area contributed by atoms with Gasteiger partial charge in [-0.05, 0) is 50.1 Å². The molecule has 2 aromatic rings. The van der Waals surface area contributed by atoms with Crippen LogP contribution in [0.5, 0.6) is 0 Å². The Kier molecular flexibility index (Phi) is 4.09. The molecule has 2 rings (SSSR count). The van der Waals surface area contributed by atoms with Gasteiger partial charge < -0.3 is 5.73 Å². The minimum absolute atomic E-state index is 0.492. The van der Waals surface area contributed by atoms with E-state index >= 15 is 0 Å². The highest BCUT2D eigenvalue weighted by Gasteiger charge is 2.31. The second kappa shape index (κ2) is 5.52. The Balaban J connectivity index is 2.42. The molecule has 0 aliphatic rings. The van der Waals surface area contributed by atoms with E-state index in [9.17, 15) is 13.2 Å². The highest BCUT2D eigenvalue weighted by molar-refractivity contribution is 5.38. The molecule has 1 unspecified atom stereocenters.